The molecular weight excluding hydrogens is 202 g/mol. The molecule has 0 aliphatic carbocycles. The van der Waals surface area contributed by atoms with Crippen molar-refractivity contribution in [1.29, 1.82) is 0 Å². The number of aromatic nitrogens is 1. The van der Waals surface area contributed by atoms with Crippen LogP contribution in [0.1, 0.15) is 23.1 Å². The van der Waals surface area contributed by atoms with E-state index in [1.165, 1.54) is 0 Å². The number of carbonyl (C=O) groups is 1. The second-order valence-corrected chi connectivity index (χ2v) is 3.53. The minimum absolute atomic E-state index is 0.364. The van der Waals surface area contributed by atoms with E-state index in [1.807, 2.05) is 31.2 Å². The minimum atomic E-state index is -0.364. The molecule has 0 unspecified atom stereocenters. The van der Waals surface area contributed by atoms with E-state index in [0.717, 1.165) is 16.5 Å². The number of pyridine rings is 1. The summed E-state index contributed by atoms with van der Waals surface area (Å²) in [6, 6.07) is 9.62. The zero-order valence-corrected chi connectivity index (χ0v) is 9.36. The van der Waals surface area contributed by atoms with Crippen LogP contribution in [-0.4, -0.2) is 17.6 Å². The van der Waals surface area contributed by atoms with Crippen LogP contribution in [0.15, 0.2) is 30.3 Å². The lowest BCUT2D eigenvalue weighted by Crippen LogP contribution is -2.07. The van der Waals surface area contributed by atoms with Gasteiger partial charge in [0.2, 0.25) is 0 Å². The van der Waals surface area contributed by atoms with Crippen molar-refractivity contribution in [2.24, 2.45) is 0 Å². The Morgan fingerprint density at radius 1 is 1.38 bits per heavy atom. The lowest BCUT2D eigenvalue weighted by Gasteiger charge is -2.05. The number of esters is 1. The predicted octanol–water partition coefficient (Wildman–Crippen LogP) is 2.72. The number of ether oxygens (including phenoxy) is 1. The van der Waals surface area contributed by atoms with Crippen LogP contribution in [0.4, 0.5) is 0 Å². The molecule has 0 atom stereocenters. The van der Waals surface area contributed by atoms with Crippen molar-refractivity contribution < 1.29 is 9.53 Å². The molecule has 0 aliphatic rings. The van der Waals surface area contributed by atoms with Crippen LogP contribution in [0.5, 0.6) is 0 Å². The van der Waals surface area contributed by atoms with Crippen molar-refractivity contribution in [2.45, 2.75) is 13.8 Å². The van der Waals surface area contributed by atoms with E-state index in [-0.39, 0.29) is 5.97 Å². The van der Waals surface area contributed by atoms with Crippen molar-refractivity contribution >= 4 is 16.7 Å². The fourth-order valence-corrected chi connectivity index (χ4v) is 1.68. The fourth-order valence-electron chi connectivity index (χ4n) is 1.68. The van der Waals surface area contributed by atoms with Gasteiger partial charge in [-0.2, -0.15) is 0 Å². The summed E-state index contributed by atoms with van der Waals surface area (Å²) in [5, 5.41) is 2.08. The average molecular weight is 215 g/mol. The first-order chi connectivity index (χ1) is 7.72. The van der Waals surface area contributed by atoms with E-state index >= 15 is 0 Å². The molecule has 0 saturated heterocycles. The molecule has 1 heterocycles. The number of fused-ring (bicyclic) bond motifs is 1. The van der Waals surface area contributed by atoms with E-state index in [9.17, 15) is 4.79 Å². The first-order valence-electron chi connectivity index (χ1n) is 5.26. The third-order valence-corrected chi connectivity index (χ3v) is 2.42. The number of hydrogen-bond acceptors (Lipinski definition) is 3. The highest BCUT2D eigenvalue weighted by molar-refractivity contribution is 5.94. The van der Waals surface area contributed by atoms with Gasteiger partial charge < -0.3 is 4.74 Å². The Bertz CT molecular complexity index is 534. The van der Waals surface area contributed by atoms with E-state index in [2.05, 4.69) is 4.98 Å². The topological polar surface area (TPSA) is 39.2 Å². The number of rotatable bonds is 2. The highest BCUT2D eigenvalue weighted by atomic mass is 16.5. The lowest BCUT2D eigenvalue weighted by atomic mass is 10.1. The van der Waals surface area contributed by atoms with Gasteiger partial charge in [-0.25, -0.2) is 9.78 Å². The smallest absolute Gasteiger partial charge is 0.356 e. The van der Waals surface area contributed by atoms with E-state index in [1.54, 1.807) is 13.0 Å². The molecule has 1 aromatic heterocycles. The summed E-state index contributed by atoms with van der Waals surface area (Å²) in [6.07, 6.45) is 0. The molecule has 0 radical (unpaired) electrons. The average Bonchev–Trinajstić information content (AvgIpc) is 2.29. The van der Waals surface area contributed by atoms with Crippen LogP contribution < -0.4 is 0 Å². The minimum Gasteiger partial charge on any atom is -0.461 e. The van der Waals surface area contributed by atoms with Crippen LogP contribution >= 0.6 is 0 Å². The molecule has 3 heteroatoms. The van der Waals surface area contributed by atoms with Crippen molar-refractivity contribution in [3.8, 4) is 0 Å². The summed E-state index contributed by atoms with van der Waals surface area (Å²) in [5.41, 5.74) is 1.22. The Kier molecular flexibility index (Phi) is 2.86. The van der Waals surface area contributed by atoms with E-state index in [4.69, 9.17) is 4.74 Å². The number of carbonyl (C=O) groups excluding carboxylic acids is 1. The molecule has 0 amide bonds. The van der Waals surface area contributed by atoms with Crippen LogP contribution in [0.3, 0.4) is 0 Å². The van der Waals surface area contributed by atoms with Crippen LogP contribution in [0.25, 0.3) is 10.8 Å². The van der Waals surface area contributed by atoms with E-state index in [0.29, 0.717) is 12.3 Å². The summed E-state index contributed by atoms with van der Waals surface area (Å²) in [6.45, 7) is 4.04. The molecule has 2 rings (SSSR count). The third kappa shape index (κ3) is 1.89. The number of benzene rings is 1. The van der Waals surface area contributed by atoms with Gasteiger partial charge in [-0.1, -0.05) is 24.3 Å². The maximum Gasteiger partial charge on any atom is 0.356 e. The first-order valence-corrected chi connectivity index (χ1v) is 5.26. The highest BCUT2D eigenvalue weighted by Gasteiger charge is 2.10. The third-order valence-electron chi connectivity index (χ3n) is 2.42. The van der Waals surface area contributed by atoms with Gasteiger partial charge in [-0.3, -0.25) is 0 Å². The highest BCUT2D eigenvalue weighted by Crippen LogP contribution is 2.18. The van der Waals surface area contributed by atoms with Crippen LogP contribution in [0.2, 0.25) is 0 Å². The normalized spacial score (nSPS) is 10.4. The maximum absolute atomic E-state index is 11.6. The molecule has 82 valence electrons. The van der Waals surface area contributed by atoms with Gasteiger partial charge in [-0.15, -0.1) is 0 Å². The van der Waals surface area contributed by atoms with Gasteiger partial charge >= 0.3 is 5.97 Å². The van der Waals surface area contributed by atoms with Gasteiger partial charge in [0, 0.05) is 11.1 Å². The molecule has 0 spiro atoms. The summed E-state index contributed by atoms with van der Waals surface area (Å²) >= 11 is 0. The Hall–Kier alpha value is -1.90. The molecule has 0 saturated carbocycles. The van der Waals surface area contributed by atoms with Crippen molar-refractivity contribution in [3.63, 3.8) is 0 Å². The zero-order chi connectivity index (χ0) is 11.5. The summed E-state index contributed by atoms with van der Waals surface area (Å²) < 4.78 is 4.93. The second-order valence-electron chi connectivity index (χ2n) is 3.53. The molecule has 0 aliphatic heterocycles. The molecule has 3 nitrogen and oxygen atoms in total. The van der Waals surface area contributed by atoms with E-state index < -0.39 is 0 Å². The molecule has 0 N–H and O–H groups in total. The van der Waals surface area contributed by atoms with Crippen LogP contribution in [-0.2, 0) is 4.74 Å². The Morgan fingerprint density at radius 3 is 2.88 bits per heavy atom. The second kappa shape index (κ2) is 4.31. The quantitative estimate of drug-likeness (QED) is 0.723. The molecule has 1 aromatic carbocycles. The Morgan fingerprint density at radius 2 is 2.12 bits per heavy atom. The zero-order valence-electron chi connectivity index (χ0n) is 9.36. The van der Waals surface area contributed by atoms with Crippen molar-refractivity contribution in [2.75, 3.05) is 6.61 Å². The van der Waals surface area contributed by atoms with Gasteiger partial charge in [0.15, 0.2) is 0 Å². The largest absolute Gasteiger partial charge is 0.461 e. The SMILES string of the molecule is CCOC(=O)c1cc2ccccc2c(C)n1. The molecule has 16 heavy (non-hydrogen) atoms. The fraction of sp³-hybridized carbons (Fsp3) is 0.231. The molecule has 0 fully saturated rings. The Labute approximate surface area is 94.1 Å². The van der Waals surface area contributed by atoms with Crippen molar-refractivity contribution in [3.05, 3.63) is 41.7 Å². The number of hydrogen-bond donors (Lipinski definition) is 0. The first kappa shape index (κ1) is 10.6. The number of aryl methyl sites for hydroxylation is 1. The molecular formula is C13H13NO2. The van der Waals surface area contributed by atoms with Gasteiger partial charge in [0.1, 0.15) is 5.69 Å². The summed E-state index contributed by atoms with van der Waals surface area (Å²) in [7, 11) is 0. The summed E-state index contributed by atoms with van der Waals surface area (Å²) in [4.78, 5) is 15.8. The van der Waals surface area contributed by atoms with Gasteiger partial charge in [0.25, 0.3) is 0 Å². The standard InChI is InChI=1S/C13H13NO2/c1-3-16-13(15)12-8-10-6-4-5-7-11(10)9(2)14-12/h4-8H,3H2,1-2H3. The van der Waals surface area contributed by atoms with Gasteiger partial charge in [-0.05, 0) is 25.3 Å². The Balaban J connectivity index is 2.53. The molecule has 2 aromatic rings. The molecule has 0 bridgehead atoms. The lowest BCUT2D eigenvalue weighted by molar-refractivity contribution is 0.0519. The monoisotopic (exact) mass is 215 g/mol. The van der Waals surface area contributed by atoms with Crippen LogP contribution in [0, 0.1) is 6.92 Å². The predicted molar refractivity (Wildman–Crippen MR) is 62.4 cm³/mol. The van der Waals surface area contributed by atoms with Gasteiger partial charge in [0.05, 0.1) is 6.61 Å². The maximum atomic E-state index is 11.6. The number of nitrogens with zero attached hydrogens (tertiary/aromatic N) is 1. The summed E-state index contributed by atoms with van der Waals surface area (Å²) in [5.74, 6) is -0.364. The van der Waals surface area contributed by atoms with Crippen molar-refractivity contribution in [1.82, 2.24) is 4.98 Å².